The fourth-order valence-electron chi connectivity index (χ4n) is 2.71. The Morgan fingerprint density at radius 1 is 1.04 bits per heavy atom. The first-order valence-corrected chi connectivity index (χ1v) is 9.30. The molecule has 0 atom stereocenters. The monoisotopic (exact) mass is 332 g/mol. The van der Waals surface area contributed by atoms with Crippen molar-refractivity contribution in [1.82, 2.24) is 14.3 Å². The normalized spacial score (nSPS) is 17.0. The van der Waals surface area contributed by atoms with Gasteiger partial charge in [-0.3, -0.25) is 0 Å². The van der Waals surface area contributed by atoms with Gasteiger partial charge in [-0.1, -0.05) is 30.3 Å². The van der Waals surface area contributed by atoms with Crippen molar-refractivity contribution in [3.63, 3.8) is 0 Å². The van der Waals surface area contributed by atoms with Crippen molar-refractivity contribution in [2.45, 2.75) is 24.6 Å². The van der Waals surface area contributed by atoms with E-state index in [1.807, 2.05) is 30.3 Å². The van der Waals surface area contributed by atoms with Crippen LogP contribution in [-0.2, 0) is 15.8 Å². The molecule has 1 aromatic heterocycles. The molecule has 6 nitrogen and oxygen atoms in total. The van der Waals surface area contributed by atoms with E-state index in [9.17, 15) is 8.42 Å². The molecule has 0 amide bonds. The van der Waals surface area contributed by atoms with Crippen molar-refractivity contribution in [3.05, 3.63) is 54.4 Å². The van der Waals surface area contributed by atoms with Crippen LogP contribution in [0, 0.1) is 0 Å². The number of hydrogen-bond donors (Lipinski definition) is 1. The smallest absolute Gasteiger partial charge is 0.222 e. The highest BCUT2D eigenvalue weighted by Crippen LogP contribution is 2.19. The third kappa shape index (κ3) is 4.27. The summed E-state index contributed by atoms with van der Waals surface area (Å²) in [4.78, 5) is 8.28. The van der Waals surface area contributed by atoms with E-state index in [-0.39, 0.29) is 11.8 Å². The SMILES string of the molecule is O=S(=O)(Cc1ccccc1)N1CCC(Nc2ncccn2)CC1. The predicted molar refractivity (Wildman–Crippen MR) is 89.3 cm³/mol. The van der Waals surface area contributed by atoms with Crippen molar-refractivity contribution in [1.29, 1.82) is 0 Å². The zero-order valence-electron chi connectivity index (χ0n) is 12.8. The summed E-state index contributed by atoms with van der Waals surface area (Å²) < 4.78 is 26.6. The van der Waals surface area contributed by atoms with Crippen LogP contribution in [0.1, 0.15) is 18.4 Å². The molecule has 122 valence electrons. The Labute approximate surface area is 136 Å². The second-order valence-electron chi connectivity index (χ2n) is 5.63. The van der Waals surface area contributed by atoms with Crippen LogP contribution in [0.5, 0.6) is 0 Å². The van der Waals surface area contributed by atoms with Crippen LogP contribution in [0.25, 0.3) is 0 Å². The molecule has 0 unspecified atom stereocenters. The molecule has 0 saturated carbocycles. The molecule has 1 aromatic carbocycles. The first-order chi connectivity index (χ1) is 11.1. The first kappa shape index (κ1) is 15.9. The van der Waals surface area contributed by atoms with Gasteiger partial charge < -0.3 is 5.32 Å². The van der Waals surface area contributed by atoms with Crippen LogP contribution in [0.15, 0.2) is 48.8 Å². The number of anilines is 1. The van der Waals surface area contributed by atoms with Crippen LogP contribution < -0.4 is 5.32 Å². The molecule has 0 aliphatic carbocycles. The number of nitrogens with zero attached hydrogens (tertiary/aromatic N) is 3. The lowest BCUT2D eigenvalue weighted by atomic mass is 10.1. The topological polar surface area (TPSA) is 75.2 Å². The van der Waals surface area contributed by atoms with Gasteiger partial charge in [0, 0.05) is 31.5 Å². The molecule has 1 fully saturated rings. The molecule has 7 heteroatoms. The van der Waals surface area contributed by atoms with E-state index in [0.29, 0.717) is 19.0 Å². The van der Waals surface area contributed by atoms with Gasteiger partial charge in [0.2, 0.25) is 16.0 Å². The molecule has 0 bridgehead atoms. The van der Waals surface area contributed by atoms with Crippen LogP contribution in [0.3, 0.4) is 0 Å². The number of benzene rings is 1. The van der Waals surface area contributed by atoms with Gasteiger partial charge in [0.25, 0.3) is 0 Å². The number of piperidine rings is 1. The zero-order chi connectivity index (χ0) is 16.1. The van der Waals surface area contributed by atoms with Gasteiger partial charge in [0.05, 0.1) is 5.75 Å². The van der Waals surface area contributed by atoms with Crippen LogP contribution in [0.4, 0.5) is 5.95 Å². The lowest BCUT2D eigenvalue weighted by molar-refractivity contribution is 0.329. The number of aromatic nitrogens is 2. The molecule has 2 heterocycles. The van der Waals surface area contributed by atoms with Gasteiger partial charge in [-0.25, -0.2) is 22.7 Å². The second-order valence-corrected chi connectivity index (χ2v) is 7.60. The Morgan fingerprint density at radius 3 is 2.35 bits per heavy atom. The van der Waals surface area contributed by atoms with E-state index >= 15 is 0 Å². The highest BCUT2D eigenvalue weighted by molar-refractivity contribution is 7.88. The Bertz CT molecular complexity index is 714. The minimum atomic E-state index is -3.26. The van der Waals surface area contributed by atoms with E-state index in [1.54, 1.807) is 22.8 Å². The maximum Gasteiger partial charge on any atom is 0.222 e. The molecular formula is C16H20N4O2S. The molecule has 0 spiro atoms. The Balaban J connectivity index is 1.56. The molecule has 0 radical (unpaired) electrons. The summed E-state index contributed by atoms with van der Waals surface area (Å²) >= 11 is 0. The number of rotatable bonds is 5. The molecular weight excluding hydrogens is 312 g/mol. The fraction of sp³-hybridized carbons (Fsp3) is 0.375. The van der Waals surface area contributed by atoms with E-state index in [4.69, 9.17) is 0 Å². The van der Waals surface area contributed by atoms with Gasteiger partial charge >= 0.3 is 0 Å². The zero-order valence-corrected chi connectivity index (χ0v) is 13.6. The summed E-state index contributed by atoms with van der Waals surface area (Å²) in [6.07, 6.45) is 4.89. The van der Waals surface area contributed by atoms with Gasteiger partial charge in [-0.15, -0.1) is 0 Å². The highest BCUT2D eigenvalue weighted by atomic mass is 32.2. The molecule has 1 aliphatic heterocycles. The average Bonchev–Trinajstić information content (AvgIpc) is 2.57. The Kier molecular flexibility index (Phi) is 4.88. The van der Waals surface area contributed by atoms with E-state index in [1.165, 1.54) is 0 Å². The third-order valence-electron chi connectivity index (χ3n) is 3.94. The minimum Gasteiger partial charge on any atom is -0.351 e. The van der Waals surface area contributed by atoms with Crippen LogP contribution in [-0.4, -0.2) is 41.8 Å². The largest absolute Gasteiger partial charge is 0.351 e. The van der Waals surface area contributed by atoms with Gasteiger partial charge in [-0.05, 0) is 24.5 Å². The van der Waals surface area contributed by atoms with Gasteiger partial charge in [-0.2, -0.15) is 0 Å². The Hall–Kier alpha value is -1.99. The summed E-state index contributed by atoms with van der Waals surface area (Å²) in [7, 11) is -3.26. The van der Waals surface area contributed by atoms with Crippen molar-refractivity contribution < 1.29 is 8.42 Å². The standard InChI is InChI=1S/C16H20N4O2S/c21-23(22,13-14-5-2-1-3-6-14)20-11-7-15(8-12-20)19-16-17-9-4-10-18-16/h1-6,9-10,15H,7-8,11-13H2,(H,17,18,19). The lowest BCUT2D eigenvalue weighted by Crippen LogP contribution is -2.43. The first-order valence-electron chi connectivity index (χ1n) is 7.69. The molecule has 1 N–H and O–H groups in total. The van der Waals surface area contributed by atoms with Gasteiger partial charge in [0.1, 0.15) is 0 Å². The highest BCUT2D eigenvalue weighted by Gasteiger charge is 2.28. The van der Waals surface area contributed by atoms with Crippen LogP contribution >= 0.6 is 0 Å². The number of nitrogens with one attached hydrogen (secondary N) is 1. The lowest BCUT2D eigenvalue weighted by Gasteiger charge is -2.31. The van der Waals surface area contributed by atoms with Crippen molar-refractivity contribution >= 4 is 16.0 Å². The summed E-state index contributed by atoms with van der Waals surface area (Å²) in [5.74, 6) is 0.659. The average molecular weight is 332 g/mol. The minimum absolute atomic E-state index is 0.0632. The van der Waals surface area contributed by atoms with Crippen molar-refractivity contribution in [2.75, 3.05) is 18.4 Å². The van der Waals surface area contributed by atoms with Crippen LogP contribution in [0.2, 0.25) is 0 Å². The molecule has 1 aliphatic rings. The second kappa shape index (κ2) is 7.06. The van der Waals surface area contributed by atoms with Gasteiger partial charge in [0.15, 0.2) is 0 Å². The molecule has 3 rings (SSSR count). The maximum absolute atomic E-state index is 12.5. The van der Waals surface area contributed by atoms with Crippen molar-refractivity contribution in [2.24, 2.45) is 0 Å². The third-order valence-corrected chi connectivity index (χ3v) is 5.79. The summed E-state index contributed by atoms with van der Waals surface area (Å²) in [5.41, 5.74) is 0.824. The fourth-order valence-corrected chi connectivity index (χ4v) is 4.27. The molecule has 23 heavy (non-hydrogen) atoms. The van der Waals surface area contributed by atoms with E-state index in [0.717, 1.165) is 18.4 Å². The van der Waals surface area contributed by atoms with E-state index < -0.39 is 10.0 Å². The van der Waals surface area contributed by atoms with Crippen molar-refractivity contribution in [3.8, 4) is 0 Å². The summed E-state index contributed by atoms with van der Waals surface area (Å²) in [6.45, 7) is 1.05. The summed E-state index contributed by atoms with van der Waals surface area (Å²) in [6, 6.07) is 11.3. The Morgan fingerprint density at radius 2 is 1.70 bits per heavy atom. The molecule has 1 saturated heterocycles. The number of sulfonamides is 1. The number of hydrogen-bond acceptors (Lipinski definition) is 5. The maximum atomic E-state index is 12.5. The quantitative estimate of drug-likeness (QED) is 0.905. The predicted octanol–water partition coefficient (Wildman–Crippen LogP) is 1.88. The molecule has 2 aromatic rings. The summed E-state index contributed by atoms with van der Waals surface area (Å²) in [5, 5.41) is 3.26. The van der Waals surface area contributed by atoms with E-state index in [2.05, 4.69) is 15.3 Å².